The molecule has 0 aliphatic carbocycles. The van der Waals surface area contributed by atoms with Crippen LogP contribution < -0.4 is 0 Å². The molecule has 1 amide bonds. The van der Waals surface area contributed by atoms with E-state index in [1.807, 2.05) is 30.3 Å². The van der Waals surface area contributed by atoms with Crippen molar-refractivity contribution >= 4 is 12.1 Å². The number of hydrogen-bond donors (Lipinski definition) is 0. The van der Waals surface area contributed by atoms with Crippen LogP contribution in [0.15, 0.2) is 30.3 Å². The number of hydrogen-bond acceptors (Lipinski definition) is 4. The standard InChI is InChI=1S/C18H25NO4/c1-15(20)22-12-6-10-16-9-5-11-19(13-16)18(21)23-14-17-7-3-2-4-8-17/h2-4,7-8,16H,5-6,9-14H2,1H3. The maximum absolute atomic E-state index is 12.2. The summed E-state index contributed by atoms with van der Waals surface area (Å²) in [5, 5.41) is 0. The van der Waals surface area contributed by atoms with E-state index < -0.39 is 0 Å². The molecule has 0 spiro atoms. The molecule has 126 valence electrons. The van der Waals surface area contributed by atoms with Gasteiger partial charge in [-0.3, -0.25) is 4.79 Å². The molecule has 1 aromatic carbocycles. The van der Waals surface area contributed by atoms with E-state index in [2.05, 4.69) is 0 Å². The lowest BCUT2D eigenvalue weighted by molar-refractivity contribution is -0.141. The SMILES string of the molecule is CC(=O)OCCCC1CCCN(C(=O)OCc2ccccc2)C1. The zero-order chi connectivity index (χ0) is 16.5. The van der Waals surface area contributed by atoms with Crippen LogP contribution in [-0.2, 0) is 20.9 Å². The second-order valence-corrected chi connectivity index (χ2v) is 5.98. The molecule has 5 nitrogen and oxygen atoms in total. The highest BCUT2D eigenvalue weighted by Crippen LogP contribution is 2.21. The van der Waals surface area contributed by atoms with Crippen LogP contribution in [0.25, 0.3) is 0 Å². The summed E-state index contributed by atoms with van der Waals surface area (Å²) in [5.41, 5.74) is 0.996. The Morgan fingerprint density at radius 1 is 1.22 bits per heavy atom. The predicted molar refractivity (Wildman–Crippen MR) is 86.8 cm³/mol. The van der Waals surface area contributed by atoms with Crippen molar-refractivity contribution in [3.63, 3.8) is 0 Å². The Hall–Kier alpha value is -2.04. The van der Waals surface area contributed by atoms with Gasteiger partial charge in [-0.2, -0.15) is 0 Å². The number of carbonyl (C=O) groups is 2. The first kappa shape index (κ1) is 17.3. The van der Waals surface area contributed by atoms with Gasteiger partial charge in [0.2, 0.25) is 0 Å². The van der Waals surface area contributed by atoms with Gasteiger partial charge in [0.15, 0.2) is 0 Å². The minimum Gasteiger partial charge on any atom is -0.466 e. The molecule has 1 atom stereocenters. The molecule has 5 heteroatoms. The normalized spacial score (nSPS) is 17.6. The van der Waals surface area contributed by atoms with Crippen molar-refractivity contribution in [1.82, 2.24) is 4.90 Å². The van der Waals surface area contributed by atoms with Crippen molar-refractivity contribution in [2.45, 2.75) is 39.2 Å². The monoisotopic (exact) mass is 319 g/mol. The van der Waals surface area contributed by atoms with E-state index in [9.17, 15) is 9.59 Å². The van der Waals surface area contributed by atoms with Crippen molar-refractivity contribution in [3.05, 3.63) is 35.9 Å². The fourth-order valence-electron chi connectivity index (χ4n) is 2.87. The number of carbonyl (C=O) groups excluding carboxylic acids is 2. The first-order chi connectivity index (χ1) is 11.1. The molecule has 0 aromatic heterocycles. The van der Waals surface area contributed by atoms with E-state index in [1.54, 1.807) is 4.90 Å². The molecule has 0 N–H and O–H groups in total. The third-order valence-electron chi connectivity index (χ3n) is 4.04. The summed E-state index contributed by atoms with van der Waals surface area (Å²) in [7, 11) is 0. The van der Waals surface area contributed by atoms with Gasteiger partial charge in [-0.05, 0) is 37.2 Å². The first-order valence-electron chi connectivity index (χ1n) is 8.24. The van der Waals surface area contributed by atoms with E-state index in [0.717, 1.165) is 44.3 Å². The second-order valence-electron chi connectivity index (χ2n) is 5.98. The van der Waals surface area contributed by atoms with Crippen LogP contribution >= 0.6 is 0 Å². The van der Waals surface area contributed by atoms with Gasteiger partial charge in [0.1, 0.15) is 6.61 Å². The Bertz CT molecular complexity index is 503. The summed E-state index contributed by atoms with van der Waals surface area (Å²) < 4.78 is 10.3. The number of rotatable bonds is 6. The lowest BCUT2D eigenvalue weighted by atomic mass is 9.94. The number of likely N-dealkylation sites (tertiary alicyclic amines) is 1. The maximum Gasteiger partial charge on any atom is 0.410 e. The van der Waals surface area contributed by atoms with Crippen molar-refractivity contribution in [3.8, 4) is 0 Å². The summed E-state index contributed by atoms with van der Waals surface area (Å²) in [4.78, 5) is 24.7. The second kappa shape index (κ2) is 9.18. The van der Waals surface area contributed by atoms with Gasteiger partial charge >= 0.3 is 12.1 Å². The number of piperidine rings is 1. The highest BCUT2D eigenvalue weighted by Gasteiger charge is 2.24. The van der Waals surface area contributed by atoms with E-state index in [4.69, 9.17) is 9.47 Å². The molecule has 1 aromatic rings. The van der Waals surface area contributed by atoms with Crippen molar-refractivity contribution in [2.75, 3.05) is 19.7 Å². The van der Waals surface area contributed by atoms with Crippen molar-refractivity contribution in [1.29, 1.82) is 0 Å². The molecule has 1 aliphatic heterocycles. The smallest absolute Gasteiger partial charge is 0.410 e. The number of amides is 1. The van der Waals surface area contributed by atoms with E-state index in [0.29, 0.717) is 19.1 Å². The Morgan fingerprint density at radius 3 is 2.74 bits per heavy atom. The maximum atomic E-state index is 12.2. The third kappa shape index (κ3) is 6.30. The molecule has 1 fully saturated rings. The molecule has 23 heavy (non-hydrogen) atoms. The highest BCUT2D eigenvalue weighted by atomic mass is 16.6. The zero-order valence-electron chi connectivity index (χ0n) is 13.7. The fourth-order valence-corrected chi connectivity index (χ4v) is 2.87. The average molecular weight is 319 g/mol. The summed E-state index contributed by atoms with van der Waals surface area (Å²) in [6.45, 7) is 3.68. The summed E-state index contributed by atoms with van der Waals surface area (Å²) in [6, 6.07) is 9.70. The third-order valence-corrected chi connectivity index (χ3v) is 4.04. The number of esters is 1. The largest absolute Gasteiger partial charge is 0.466 e. The number of nitrogens with zero attached hydrogens (tertiary/aromatic N) is 1. The minimum atomic E-state index is -0.237. The Kier molecular flexibility index (Phi) is 6.91. The van der Waals surface area contributed by atoms with E-state index >= 15 is 0 Å². The van der Waals surface area contributed by atoms with Crippen LogP contribution in [0.1, 0.15) is 38.2 Å². The lowest BCUT2D eigenvalue weighted by Crippen LogP contribution is -2.40. The summed E-state index contributed by atoms with van der Waals surface area (Å²) >= 11 is 0. The minimum absolute atomic E-state index is 0.236. The van der Waals surface area contributed by atoms with Crippen molar-refractivity contribution in [2.24, 2.45) is 5.92 Å². The van der Waals surface area contributed by atoms with Crippen LogP contribution in [0.3, 0.4) is 0 Å². The number of ether oxygens (including phenoxy) is 2. The fraction of sp³-hybridized carbons (Fsp3) is 0.556. The molecule has 0 radical (unpaired) electrons. The molecule has 1 heterocycles. The molecule has 2 rings (SSSR count). The van der Waals surface area contributed by atoms with Crippen LogP contribution in [0.5, 0.6) is 0 Å². The predicted octanol–water partition coefficient (Wildman–Crippen LogP) is 3.38. The van der Waals surface area contributed by atoms with E-state index in [-0.39, 0.29) is 12.1 Å². The average Bonchev–Trinajstić information content (AvgIpc) is 2.57. The van der Waals surface area contributed by atoms with Gasteiger partial charge in [0.05, 0.1) is 6.61 Å². The lowest BCUT2D eigenvalue weighted by Gasteiger charge is -2.32. The molecule has 0 bridgehead atoms. The summed E-state index contributed by atoms with van der Waals surface area (Å²) in [5.74, 6) is 0.225. The van der Waals surface area contributed by atoms with Gasteiger partial charge in [0.25, 0.3) is 0 Å². The van der Waals surface area contributed by atoms with E-state index in [1.165, 1.54) is 6.92 Å². The zero-order valence-corrected chi connectivity index (χ0v) is 13.7. The molecule has 1 saturated heterocycles. The van der Waals surface area contributed by atoms with Crippen LogP contribution in [0.2, 0.25) is 0 Å². The van der Waals surface area contributed by atoms with Gasteiger partial charge in [-0.15, -0.1) is 0 Å². The van der Waals surface area contributed by atoms with Crippen LogP contribution in [0, 0.1) is 5.92 Å². The quantitative estimate of drug-likeness (QED) is 0.596. The van der Waals surface area contributed by atoms with Crippen LogP contribution in [0.4, 0.5) is 4.79 Å². The summed E-state index contributed by atoms with van der Waals surface area (Å²) in [6.07, 6.45) is 3.69. The Balaban J connectivity index is 1.70. The molecular formula is C18H25NO4. The van der Waals surface area contributed by atoms with Crippen LogP contribution in [-0.4, -0.2) is 36.7 Å². The number of benzene rings is 1. The Morgan fingerprint density at radius 2 is 2.00 bits per heavy atom. The Labute approximate surface area is 137 Å². The van der Waals surface area contributed by atoms with Crippen molar-refractivity contribution < 1.29 is 19.1 Å². The van der Waals surface area contributed by atoms with Gasteiger partial charge in [-0.25, -0.2) is 4.79 Å². The van der Waals surface area contributed by atoms with Gasteiger partial charge in [0, 0.05) is 20.0 Å². The van der Waals surface area contributed by atoms with Gasteiger partial charge < -0.3 is 14.4 Å². The molecular weight excluding hydrogens is 294 g/mol. The molecule has 0 saturated carbocycles. The highest BCUT2D eigenvalue weighted by molar-refractivity contribution is 5.67. The first-order valence-corrected chi connectivity index (χ1v) is 8.24. The topological polar surface area (TPSA) is 55.8 Å². The molecule has 1 unspecified atom stereocenters. The molecule has 1 aliphatic rings. The van der Waals surface area contributed by atoms with Gasteiger partial charge in [-0.1, -0.05) is 30.3 Å².